The van der Waals surface area contributed by atoms with Crippen LogP contribution in [-0.2, 0) is 4.74 Å². The van der Waals surface area contributed by atoms with Gasteiger partial charge in [-0.25, -0.2) is 9.36 Å². The van der Waals surface area contributed by atoms with Crippen LogP contribution in [0.3, 0.4) is 0 Å². The molecule has 1 saturated carbocycles. The highest BCUT2D eigenvalue weighted by Gasteiger charge is 2.33. The van der Waals surface area contributed by atoms with Gasteiger partial charge in [-0.3, -0.25) is 4.79 Å². The summed E-state index contributed by atoms with van der Waals surface area (Å²) in [6, 6.07) is 4.64. The van der Waals surface area contributed by atoms with Crippen molar-refractivity contribution in [3.05, 3.63) is 34.7 Å². The van der Waals surface area contributed by atoms with Gasteiger partial charge in [-0.1, -0.05) is 33.3 Å². The second-order valence-corrected chi connectivity index (χ2v) is 6.16. The van der Waals surface area contributed by atoms with Crippen molar-refractivity contribution in [3.8, 4) is 0 Å². The summed E-state index contributed by atoms with van der Waals surface area (Å²) in [5.74, 6) is 1.43. The van der Waals surface area contributed by atoms with E-state index < -0.39 is 6.09 Å². The van der Waals surface area contributed by atoms with E-state index in [0.717, 1.165) is 17.4 Å². The van der Waals surface area contributed by atoms with E-state index in [-0.39, 0.29) is 11.7 Å². The van der Waals surface area contributed by atoms with Crippen LogP contribution in [0.15, 0.2) is 29.2 Å². The molecule has 0 aromatic carbocycles. The van der Waals surface area contributed by atoms with Gasteiger partial charge in [0.1, 0.15) is 6.10 Å². The molecule has 0 radical (unpaired) electrons. The van der Waals surface area contributed by atoms with E-state index in [1.807, 2.05) is 0 Å². The van der Waals surface area contributed by atoms with Gasteiger partial charge in [0.15, 0.2) is 0 Å². The third-order valence-corrected chi connectivity index (χ3v) is 4.23. The van der Waals surface area contributed by atoms with Gasteiger partial charge in [-0.2, -0.15) is 0 Å². The number of nitrogens with zero attached hydrogens (tertiary/aromatic N) is 1. The van der Waals surface area contributed by atoms with Crippen molar-refractivity contribution >= 4 is 6.09 Å². The summed E-state index contributed by atoms with van der Waals surface area (Å²) in [4.78, 5) is 23.8. The zero-order valence-electron chi connectivity index (χ0n) is 12.4. The predicted octanol–water partition coefficient (Wildman–Crippen LogP) is 3.29. The van der Waals surface area contributed by atoms with Crippen LogP contribution in [0.25, 0.3) is 0 Å². The molecule has 1 aliphatic rings. The molecule has 0 saturated heterocycles. The third-order valence-electron chi connectivity index (χ3n) is 4.23. The SMILES string of the molecule is CC(C)[C@@H]1CC[C@@H](C)C[C@H]1OC(=O)n1ccccc1=O. The predicted molar refractivity (Wildman–Crippen MR) is 77.7 cm³/mol. The summed E-state index contributed by atoms with van der Waals surface area (Å²) in [5, 5.41) is 0. The average molecular weight is 277 g/mol. The lowest BCUT2D eigenvalue weighted by Gasteiger charge is -2.36. The van der Waals surface area contributed by atoms with Gasteiger partial charge in [-0.15, -0.1) is 0 Å². The van der Waals surface area contributed by atoms with Crippen molar-refractivity contribution in [2.24, 2.45) is 17.8 Å². The number of aromatic nitrogens is 1. The summed E-state index contributed by atoms with van der Waals surface area (Å²) >= 11 is 0. The molecule has 4 nitrogen and oxygen atoms in total. The van der Waals surface area contributed by atoms with E-state index in [0.29, 0.717) is 17.8 Å². The Morgan fingerprint density at radius 3 is 2.75 bits per heavy atom. The van der Waals surface area contributed by atoms with Gasteiger partial charge in [-0.05, 0) is 36.7 Å². The first-order chi connectivity index (χ1) is 9.49. The number of hydrogen-bond acceptors (Lipinski definition) is 3. The maximum atomic E-state index is 12.1. The van der Waals surface area contributed by atoms with Crippen LogP contribution in [0.2, 0.25) is 0 Å². The lowest BCUT2D eigenvalue weighted by Crippen LogP contribution is -2.38. The van der Waals surface area contributed by atoms with Gasteiger partial charge in [0.05, 0.1) is 0 Å². The van der Waals surface area contributed by atoms with Crippen molar-refractivity contribution in [2.75, 3.05) is 0 Å². The third kappa shape index (κ3) is 3.30. The largest absolute Gasteiger partial charge is 0.445 e. The van der Waals surface area contributed by atoms with Crippen LogP contribution in [-0.4, -0.2) is 16.8 Å². The number of ether oxygens (including phenoxy) is 1. The van der Waals surface area contributed by atoms with Gasteiger partial charge >= 0.3 is 6.09 Å². The Balaban J connectivity index is 2.12. The fraction of sp³-hybridized carbons (Fsp3) is 0.625. The standard InChI is InChI=1S/C16H23NO3/c1-11(2)13-8-7-12(3)10-14(13)20-16(19)17-9-5-4-6-15(17)18/h4-6,9,11-14H,7-8,10H2,1-3H3/t12-,13+,14-/m1/s1. The minimum Gasteiger partial charge on any atom is -0.445 e. The molecule has 1 aliphatic carbocycles. The molecule has 3 atom stereocenters. The van der Waals surface area contributed by atoms with Crippen LogP contribution < -0.4 is 5.56 Å². The molecule has 2 rings (SSSR count). The first-order valence-electron chi connectivity index (χ1n) is 7.37. The minimum absolute atomic E-state index is 0.0849. The first kappa shape index (κ1) is 14.8. The van der Waals surface area contributed by atoms with Gasteiger partial charge in [0, 0.05) is 12.3 Å². The maximum Gasteiger partial charge on any atom is 0.421 e. The quantitative estimate of drug-likeness (QED) is 0.833. The first-order valence-corrected chi connectivity index (χ1v) is 7.37. The molecule has 0 amide bonds. The number of carbonyl (C=O) groups is 1. The molecule has 0 bridgehead atoms. The summed E-state index contributed by atoms with van der Waals surface area (Å²) in [7, 11) is 0. The summed E-state index contributed by atoms with van der Waals surface area (Å²) < 4.78 is 6.66. The van der Waals surface area contributed by atoms with Crippen LogP contribution in [0.4, 0.5) is 4.79 Å². The Labute approximate surface area is 119 Å². The Morgan fingerprint density at radius 2 is 2.10 bits per heavy atom. The maximum absolute atomic E-state index is 12.1. The Morgan fingerprint density at radius 1 is 1.35 bits per heavy atom. The van der Waals surface area contributed by atoms with E-state index in [1.54, 1.807) is 12.1 Å². The molecule has 110 valence electrons. The second-order valence-electron chi connectivity index (χ2n) is 6.16. The number of pyridine rings is 1. The monoisotopic (exact) mass is 277 g/mol. The normalized spacial score (nSPS) is 26.5. The van der Waals surface area contributed by atoms with Crippen molar-refractivity contribution in [2.45, 2.75) is 46.1 Å². The molecule has 1 fully saturated rings. The van der Waals surface area contributed by atoms with Gasteiger partial charge in [0.25, 0.3) is 5.56 Å². The van der Waals surface area contributed by atoms with Gasteiger partial charge in [0.2, 0.25) is 0 Å². The highest BCUT2D eigenvalue weighted by molar-refractivity contribution is 5.70. The topological polar surface area (TPSA) is 48.3 Å². The molecule has 20 heavy (non-hydrogen) atoms. The van der Waals surface area contributed by atoms with E-state index in [9.17, 15) is 9.59 Å². The summed E-state index contributed by atoms with van der Waals surface area (Å²) in [6.45, 7) is 6.51. The molecule has 1 aromatic rings. The molecular formula is C16H23NO3. The fourth-order valence-electron chi connectivity index (χ4n) is 3.01. The minimum atomic E-state index is -0.555. The number of hydrogen-bond donors (Lipinski definition) is 0. The Bertz CT molecular complexity index is 520. The number of carbonyl (C=O) groups excluding carboxylic acids is 1. The summed E-state index contributed by atoms with van der Waals surface area (Å²) in [5.41, 5.74) is -0.345. The second kappa shape index (κ2) is 6.25. The zero-order chi connectivity index (χ0) is 14.7. The Kier molecular flexibility index (Phi) is 4.63. The molecule has 0 spiro atoms. The molecule has 1 aromatic heterocycles. The van der Waals surface area contributed by atoms with Crippen molar-refractivity contribution in [3.63, 3.8) is 0 Å². The van der Waals surface area contributed by atoms with Crippen LogP contribution in [0.5, 0.6) is 0 Å². The smallest absolute Gasteiger partial charge is 0.421 e. The van der Waals surface area contributed by atoms with E-state index in [4.69, 9.17) is 4.74 Å². The van der Waals surface area contributed by atoms with E-state index >= 15 is 0 Å². The fourth-order valence-corrected chi connectivity index (χ4v) is 3.01. The van der Waals surface area contributed by atoms with Crippen molar-refractivity contribution < 1.29 is 9.53 Å². The summed E-state index contributed by atoms with van der Waals surface area (Å²) in [6.07, 6.45) is 3.97. The lowest BCUT2D eigenvalue weighted by atomic mass is 9.75. The molecule has 0 N–H and O–H groups in total. The highest BCUT2D eigenvalue weighted by atomic mass is 16.6. The van der Waals surface area contributed by atoms with E-state index in [2.05, 4.69) is 20.8 Å². The van der Waals surface area contributed by atoms with Crippen LogP contribution in [0.1, 0.15) is 40.0 Å². The number of rotatable bonds is 2. The molecule has 1 heterocycles. The zero-order valence-corrected chi connectivity index (χ0v) is 12.4. The van der Waals surface area contributed by atoms with E-state index in [1.165, 1.54) is 18.7 Å². The Hall–Kier alpha value is -1.58. The van der Waals surface area contributed by atoms with Crippen molar-refractivity contribution in [1.82, 2.24) is 4.57 Å². The van der Waals surface area contributed by atoms with Crippen LogP contribution >= 0.6 is 0 Å². The molecule has 4 heteroatoms. The van der Waals surface area contributed by atoms with Crippen LogP contribution in [0, 0.1) is 17.8 Å². The molecular weight excluding hydrogens is 254 g/mol. The molecule has 0 unspecified atom stereocenters. The molecule has 0 aliphatic heterocycles. The highest BCUT2D eigenvalue weighted by Crippen LogP contribution is 2.35. The average Bonchev–Trinajstić information content (AvgIpc) is 2.38. The van der Waals surface area contributed by atoms with Crippen molar-refractivity contribution in [1.29, 1.82) is 0 Å². The lowest BCUT2D eigenvalue weighted by molar-refractivity contribution is 0.00640. The van der Waals surface area contributed by atoms with Gasteiger partial charge < -0.3 is 4.74 Å².